The molecule has 0 aliphatic carbocycles. The second-order valence-electron chi connectivity index (χ2n) is 3.79. The molecule has 0 spiro atoms. The Hall–Kier alpha value is -1.44. The van der Waals surface area contributed by atoms with E-state index in [4.69, 9.17) is 0 Å². The van der Waals surface area contributed by atoms with Crippen molar-refractivity contribution in [2.75, 3.05) is 5.32 Å². The van der Waals surface area contributed by atoms with Crippen LogP contribution in [0.15, 0.2) is 23.1 Å². The summed E-state index contributed by atoms with van der Waals surface area (Å²) in [6, 6.07) is 0. The van der Waals surface area contributed by atoms with Gasteiger partial charge in [0.15, 0.2) is 0 Å². The van der Waals surface area contributed by atoms with Crippen molar-refractivity contribution in [3.63, 3.8) is 0 Å². The number of alkyl halides is 2. The third kappa shape index (κ3) is 3.28. The van der Waals surface area contributed by atoms with E-state index in [2.05, 4.69) is 31.4 Å². The van der Waals surface area contributed by atoms with Gasteiger partial charge in [0.05, 0.1) is 28.6 Å². The molecule has 0 saturated heterocycles. The minimum Gasteiger partial charge on any atom is -0.377 e. The summed E-state index contributed by atoms with van der Waals surface area (Å²) in [7, 11) is 1.83. The van der Waals surface area contributed by atoms with Crippen molar-refractivity contribution >= 4 is 21.6 Å². The third-order valence-corrected chi connectivity index (χ3v) is 2.94. The highest BCUT2D eigenvalue weighted by atomic mass is 79.9. The van der Waals surface area contributed by atoms with Crippen LogP contribution in [0.5, 0.6) is 0 Å². The lowest BCUT2D eigenvalue weighted by Crippen LogP contribution is -2.06. The van der Waals surface area contributed by atoms with Gasteiger partial charge < -0.3 is 5.32 Å². The first-order valence-corrected chi connectivity index (χ1v) is 6.06. The number of hydrogen-bond acceptors (Lipinski definition) is 3. The van der Waals surface area contributed by atoms with Gasteiger partial charge in [0.1, 0.15) is 6.54 Å². The van der Waals surface area contributed by atoms with Crippen LogP contribution in [0.4, 0.5) is 14.5 Å². The van der Waals surface area contributed by atoms with Crippen LogP contribution in [0.25, 0.3) is 0 Å². The fourth-order valence-corrected chi connectivity index (χ4v) is 2.02. The fourth-order valence-electron chi connectivity index (χ4n) is 1.51. The Morgan fingerprint density at radius 1 is 1.44 bits per heavy atom. The average molecular weight is 320 g/mol. The molecule has 8 heteroatoms. The predicted molar refractivity (Wildman–Crippen MR) is 66.5 cm³/mol. The SMILES string of the molecule is Cn1cc(Br)c(CNc2cnn(CC(F)F)c2)n1. The lowest BCUT2D eigenvalue weighted by molar-refractivity contribution is 0.122. The van der Waals surface area contributed by atoms with E-state index in [-0.39, 0.29) is 0 Å². The zero-order valence-electron chi connectivity index (χ0n) is 9.65. The molecular weight excluding hydrogens is 308 g/mol. The maximum Gasteiger partial charge on any atom is 0.257 e. The standard InChI is InChI=1S/C10H12BrF2N5/c1-17-5-8(11)9(16-17)3-14-7-2-15-18(4-7)6-10(12)13/h2,4-5,10,14H,3,6H2,1H3. The molecule has 2 rings (SSSR count). The van der Waals surface area contributed by atoms with E-state index in [1.807, 2.05) is 13.2 Å². The lowest BCUT2D eigenvalue weighted by Gasteiger charge is -2.01. The van der Waals surface area contributed by atoms with Gasteiger partial charge in [-0.2, -0.15) is 10.2 Å². The van der Waals surface area contributed by atoms with Crippen molar-refractivity contribution in [1.29, 1.82) is 0 Å². The van der Waals surface area contributed by atoms with Gasteiger partial charge in [-0.3, -0.25) is 9.36 Å². The van der Waals surface area contributed by atoms with Gasteiger partial charge in [-0.1, -0.05) is 0 Å². The van der Waals surface area contributed by atoms with Crippen molar-refractivity contribution in [2.24, 2.45) is 7.05 Å². The Morgan fingerprint density at radius 3 is 2.83 bits per heavy atom. The number of halogens is 3. The van der Waals surface area contributed by atoms with Gasteiger partial charge in [-0.05, 0) is 15.9 Å². The zero-order valence-corrected chi connectivity index (χ0v) is 11.2. The highest BCUT2D eigenvalue weighted by Crippen LogP contribution is 2.16. The summed E-state index contributed by atoms with van der Waals surface area (Å²) >= 11 is 3.39. The van der Waals surface area contributed by atoms with Crippen LogP contribution in [0, 0.1) is 0 Å². The molecule has 2 aromatic rings. The number of aryl methyl sites for hydroxylation is 1. The van der Waals surface area contributed by atoms with E-state index in [1.165, 1.54) is 10.9 Å². The molecule has 0 aromatic carbocycles. The first-order chi connectivity index (χ1) is 8.54. The number of nitrogens with one attached hydrogen (secondary N) is 1. The second-order valence-corrected chi connectivity index (χ2v) is 4.65. The molecule has 0 aliphatic heterocycles. The van der Waals surface area contributed by atoms with Gasteiger partial charge in [0.2, 0.25) is 0 Å². The van der Waals surface area contributed by atoms with E-state index in [9.17, 15) is 8.78 Å². The van der Waals surface area contributed by atoms with Crippen molar-refractivity contribution < 1.29 is 8.78 Å². The topological polar surface area (TPSA) is 47.7 Å². The van der Waals surface area contributed by atoms with Crippen LogP contribution in [0.1, 0.15) is 5.69 Å². The first-order valence-electron chi connectivity index (χ1n) is 5.27. The van der Waals surface area contributed by atoms with Gasteiger partial charge in [0.25, 0.3) is 6.43 Å². The molecule has 1 N–H and O–H groups in total. The third-order valence-electron chi connectivity index (χ3n) is 2.27. The fraction of sp³-hybridized carbons (Fsp3) is 0.400. The highest BCUT2D eigenvalue weighted by molar-refractivity contribution is 9.10. The first kappa shape index (κ1) is 13.0. The van der Waals surface area contributed by atoms with Crippen molar-refractivity contribution in [3.05, 3.63) is 28.8 Å². The molecule has 0 saturated carbocycles. The minimum absolute atomic E-state index is 0.394. The Labute approximate surface area is 111 Å². The number of nitrogens with zero attached hydrogens (tertiary/aromatic N) is 4. The maximum atomic E-state index is 12.1. The monoisotopic (exact) mass is 319 g/mol. The van der Waals surface area contributed by atoms with Crippen molar-refractivity contribution in [2.45, 2.75) is 19.5 Å². The average Bonchev–Trinajstić information content (AvgIpc) is 2.82. The Bertz CT molecular complexity index is 522. The molecule has 98 valence electrons. The molecule has 0 bridgehead atoms. The van der Waals surface area contributed by atoms with Gasteiger partial charge in [0, 0.05) is 19.4 Å². The van der Waals surface area contributed by atoms with Gasteiger partial charge >= 0.3 is 0 Å². The predicted octanol–water partition coefficient (Wildman–Crippen LogP) is 2.26. The molecule has 18 heavy (non-hydrogen) atoms. The number of hydrogen-bond donors (Lipinski definition) is 1. The Morgan fingerprint density at radius 2 is 2.22 bits per heavy atom. The summed E-state index contributed by atoms with van der Waals surface area (Å²) in [5.41, 5.74) is 1.53. The van der Waals surface area contributed by atoms with Gasteiger partial charge in [-0.25, -0.2) is 8.78 Å². The molecule has 0 unspecified atom stereocenters. The van der Waals surface area contributed by atoms with Gasteiger partial charge in [-0.15, -0.1) is 0 Å². The van der Waals surface area contributed by atoms with Crippen LogP contribution < -0.4 is 5.32 Å². The van der Waals surface area contributed by atoms with E-state index >= 15 is 0 Å². The van der Waals surface area contributed by atoms with Crippen LogP contribution in [-0.2, 0) is 20.1 Å². The minimum atomic E-state index is -2.40. The molecule has 2 heterocycles. The summed E-state index contributed by atoms with van der Waals surface area (Å²) in [6.45, 7) is 0.108. The quantitative estimate of drug-likeness (QED) is 0.919. The zero-order chi connectivity index (χ0) is 13.1. The van der Waals surface area contributed by atoms with Crippen LogP contribution in [0.3, 0.4) is 0 Å². The maximum absolute atomic E-state index is 12.1. The highest BCUT2D eigenvalue weighted by Gasteiger charge is 2.07. The largest absolute Gasteiger partial charge is 0.377 e. The molecule has 0 aliphatic rings. The summed E-state index contributed by atoms with van der Waals surface area (Å²) in [5, 5.41) is 11.1. The van der Waals surface area contributed by atoms with Crippen molar-refractivity contribution in [3.8, 4) is 0 Å². The normalized spacial score (nSPS) is 11.2. The van der Waals surface area contributed by atoms with Crippen LogP contribution in [0.2, 0.25) is 0 Å². The Balaban J connectivity index is 1.94. The molecule has 5 nitrogen and oxygen atoms in total. The lowest BCUT2D eigenvalue weighted by atomic mass is 10.4. The molecular formula is C10H12BrF2N5. The van der Waals surface area contributed by atoms with Crippen LogP contribution >= 0.6 is 15.9 Å². The summed E-state index contributed by atoms with van der Waals surface area (Å²) in [5.74, 6) is 0. The van der Waals surface area contributed by atoms with E-state index in [1.54, 1.807) is 10.9 Å². The summed E-state index contributed by atoms with van der Waals surface area (Å²) in [6.07, 6.45) is 2.50. The summed E-state index contributed by atoms with van der Waals surface area (Å²) < 4.78 is 28.1. The van der Waals surface area contributed by atoms with E-state index in [0.717, 1.165) is 10.2 Å². The molecule has 2 aromatic heterocycles. The molecule has 0 atom stereocenters. The van der Waals surface area contributed by atoms with Crippen LogP contribution in [-0.4, -0.2) is 26.0 Å². The number of anilines is 1. The number of rotatable bonds is 5. The molecule has 0 radical (unpaired) electrons. The second kappa shape index (κ2) is 5.47. The smallest absolute Gasteiger partial charge is 0.257 e. The Kier molecular flexibility index (Phi) is 3.95. The molecule has 0 amide bonds. The summed E-state index contributed by atoms with van der Waals surface area (Å²) in [4.78, 5) is 0. The van der Waals surface area contributed by atoms with E-state index < -0.39 is 13.0 Å². The number of aromatic nitrogens is 4. The molecule has 0 fully saturated rings. The van der Waals surface area contributed by atoms with E-state index in [0.29, 0.717) is 12.2 Å². The van der Waals surface area contributed by atoms with Crippen molar-refractivity contribution in [1.82, 2.24) is 19.6 Å².